The molecule has 1 rings (SSSR count). The van der Waals surface area contributed by atoms with Gasteiger partial charge in [-0.2, -0.15) is 0 Å². The van der Waals surface area contributed by atoms with Gasteiger partial charge in [0.15, 0.2) is 0 Å². The SMILES string of the molecule is CCCC(CNCC)N(C)CC1CCN(C)CC1. The van der Waals surface area contributed by atoms with E-state index >= 15 is 0 Å². The van der Waals surface area contributed by atoms with Gasteiger partial charge in [-0.05, 0) is 58.9 Å². The normalized spacial score (nSPS) is 20.5. The standard InChI is InChI=1S/C15H33N3/c1-5-7-15(12-16-6-2)18(4)13-14-8-10-17(3)11-9-14/h14-16H,5-13H2,1-4H3. The second-order valence-electron chi connectivity index (χ2n) is 5.94. The Morgan fingerprint density at radius 3 is 2.50 bits per heavy atom. The van der Waals surface area contributed by atoms with E-state index in [4.69, 9.17) is 0 Å². The topological polar surface area (TPSA) is 18.5 Å². The van der Waals surface area contributed by atoms with Gasteiger partial charge in [-0.3, -0.25) is 0 Å². The summed E-state index contributed by atoms with van der Waals surface area (Å²) >= 11 is 0. The molecular formula is C15H33N3. The Morgan fingerprint density at radius 1 is 1.28 bits per heavy atom. The number of nitrogens with zero attached hydrogens (tertiary/aromatic N) is 2. The number of nitrogens with one attached hydrogen (secondary N) is 1. The number of likely N-dealkylation sites (tertiary alicyclic amines) is 1. The van der Waals surface area contributed by atoms with E-state index in [0.717, 1.165) is 25.0 Å². The Morgan fingerprint density at radius 2 is 1.94 bits per heavy atom. The highest BCUT2D eigenvalue weighted by Crippen LogP contribution is 2.18. The molecule has 0 aromatic rings. The van der Waals surface area contributed by atoms with Gasteiger partial charge in [-0.15, -0.1) is 0 Å². The van der Waals surface area contributed by atoms with E-state index in [1.165, 1.54) is 45.3 Å². The number of piperidine rings is 1. The van der Waals surface area contributed by atoms with Crippen molar-refractivity contribution in [3.63, 3.8) is 0 Å². The molecule has 0 spiro atoms. The molecule has 0 amide bonds. The second-order valence-corrected chi connectivity index (χ2v) is 5.94. The van der Waals surface area contributed by atoms with Gasteiger partial charge in [-0.25, -0.2) is 0 Å². The lowest BCUT2D eigenvalue weighted by atomic mass is 9.96. The van der Waals surface area contributed by atoms with Crippen LogP contribution in [0, 0.1) is 5.92 Å². The molecule has 1 unspecified atom stereocenters. The van der Waals surface area contributed by atoms with Gasteiger partial charge >= 0.3 is 0 Å². The first kappa shape index (κ1) is 15.9. The molecule has 0 radical (unpaired) electrons. The third kappa shape index (κ3) is 5.68. The second kappa shape index (κ2) is 8.89. The van der Waals surface area contributed by atoms with Crippen molar-refractivity contribution >= 4 is 0 Å². The van der Waals surface area contributed by atoms with Gasteiger partial charge in [0.05, 0.1) is 0 Å². The first-order chi connectivity index (χ1) is 8.67. The number of hydrogen-bond acceptors (Lipinski definition) is 3. The summed E-state index contributed by atoms with van der Waals surface area (Å²) in [6.45, 7) is 10.6. The zero-order valence-electron chi connectivity index (χ0n) is 12.9. The highest BCUT2D eigenvalue weighted by Gasteiger charge is 2.21. The minimum atomic E-state index is 0.717. The van der Waals surface area contributed by atoms with E-state index in [0.29, 0.717) is 0 Å². The van der Waals surface area contributed by atoms with Gasteiger partial charge in [0.2, 0.25) is 0 Å². The van der Waals surface area contributed by atoms with Crippen LogP contribution < -0.4 is 5.32 Å². The van der Waals surface area contributed by atoms with E-state index < -0.39 is 0 Å². The van der Waals surface area contributed by atoms with Gasteiger partial charge in [-0.1, -0.05) is 20.3 Å². The van der Waals surface area contributed by atoms with E-state index in [9.17, 15) is 0 Å². The first-order valence-electron chi connectivity index (χ1n) is 7.76. The van der Waals surface area contributed by atoms with Gasteiger partial charge in [0, 0.05) is 19.1 Å². The molecule has 0 aromatic carbocycles. The van der Waals surface area contributed by atoms with Crippen LogP contribution >= 0.6 is 0 Å². The predicted octanol–water partition coefficient (Wildman–Crippen LogP) is 2.04. The Balaban J connectivity index is 2.32. The molecule has 1 aliphatic rings. The maximum Gasteiger partial charge on any atom is 0.0217 e. The average molecular weight is 255 g/mol. The van der Waals surface area contributed by atoms with Crippen molar-refractivity contribution in [2.75, 3.05) is 46.8 Å². The quantitative estimate of drug-likeness (QED) is 0.716. The minimum absolute atomic E-state index is 0.717. The third-order valence-corrected chi connectivity index (χ3v) is 4.26. The van der Waals surface area contributed by atoms with E-state index in [-0.39, 0.29) is 0 Å². The van der Waals surface area contributed by atoms with Gasteiger partial charge < -0.3 is 15.1 Å². The highest BCUT2D eigenvalue weighted by atomic mass is 15.2. The lowest BCUT2D eigenvalue weighted by Gasteiger charge is -2.35. The lowest BCUT2D eigenvalue weighted by molar-refractivity contribution is 0.143. The molecule has 0 aliphatic carbocycles. The Bertz CT molecular complexity index is 200. The number of rotatable bonds is 8. The molecule has 1 aliphatic heterocycles. The van der Waals surface area contributed by atoms with Crippen LogP contribution in [0.2, 0.25) is 0 Å². The monoisotopic (exact) mass is 255 g/mol. The molecule has 108 valence electrons. The summed E-state index contributed by atoms with van der Waals surface area (Å²) in [5, 5.41) is 3.51. The Labute approximate surface area is 114 Å². The Kier molecular flexibility index (Phi) is 7.87. The van der Waals surface area contributed by atoms with Gasteiger partial charge in [0.25, 0.3) is 0 Å². The van der Waals surface area contributed by atoms with Crippen LogP contribution in [-0.2, 0) is 0 Å². The summed E-state index contributed by atoms with van der Waals surface area (Å²) < 4.78 is 0. The number of likely N-dealkylation sites (N-methyl/N-ethyl adjacent to an activating group) is 2. The maximum atomic E-state index is 3.51. The van der Waals surface area contributed by atoms with Crippen LogP contribution in [0.3, 0.4) is 0 Å². The largest absolute Gasteiger partial charge is 0.315 e. The smallest absolute Gasteiger partial charge is 0.0217 e. The molecule has 0 bridgehead atoms. The highest BCUT2D eigenvalue weighted by molar-refractivity contribution is 4.77. The van der Waals surface area contributed by atoms with Crippen molar-refractivity contribution in [2.24, 2.45) is 5.92 Å². The van der Waals surface area contributed by atoms with Crippen LogP contribution in [0.15, 0.2) is 0 Å². The maximum absolute atomic E-state index is 3.51. The zero-order valence-corrected chi connectivity index (χ0v) is 12.9. The number of hydrogen-bond donors (Lipinski definition) is 1. The van der Waals surface area contributed by atoms with E-state index in [1.54, 1.807) is 0 Å². The van der Waals surface area contributed by atoms with Crippen LogP contribution in [-0.4, -0.2) is 62.7 Å². The summed E-state index contributed by atoms with van der Waals surface area (Å²) in [6, 6.07) is 0.717. The molecule has 3 nitrogen and oxygen atoms in total. The lowest BCUT2D eigenvalue weighted by Crippen LogP contribution is -2.44. The van der Waals surface area contributed by atoms with Gasteiger partial charge in [0.1, 0.15) is 0 Å². The van der Waals surface area contributed by atoms with Crippen molar-refractivity contribution in [3.05, 3.63) is 0 Å². The minimum Gasteiger partial charge on any atom is -0.315 e. The molecule has 1 saturated heterocycles. The summed E-state index contributed by atoms with van der Waals surface area (Å²) in [6.07, 6.45) is 5.35. The molecule has 1 fully saturated rings. The van der Waals surface area contributed by atoms with Crippen LogP contribution in [0.5, 0.6) is 0 Å². The fourth-order valence-corrected chi connectivity index (χ4v) is 2.92. The molecule has 0 saturated carbocycles. The average Bonchev–Trinajstić information content (AvgIpc) is 2.37. The molecule has 0 aromatic heterocycles. The fraction of sp³-hybridized carbons (Fsp3) is 1.00. The van der Waals surface area contributed by atoms with E-state index in [1.807, 2.05) is 0 Å². The van der Waals surface area contributed by atoms with Crippen molar-refractivity contribution < 1.29 is 0 Å². The van der Waals surface area contributed by atoms with Crippen LogP contribution in [0.4, 0.5) is 0 Å². The third-order valence-electron chi connectivity index (χ3n) is 4.26. The fourth-order valence-electron chi connectivity index (χ4n) is 2.92. The zero-order chi connectivity index (χ0) is 13.4. The molecule has 1 atom stereocenters. The molecule has 3 heteroatoms. The first-order valence-corrected chi connectivity index (χ1v) is 7.76. The van der Waals surface area contributed by atoms with E-state index in [2.05, 4.69) is 43.1 Å². The van der Waals surface area contributed by atoms with Crippen molar-refractivity contribution in [2.45, 2.75) is 45.6 Å². The predicted molar refractivity (Wildman–Crippen MR) is 80.1 cm³/mol. The molecule has 1 N–H and O–H groups in total. The summed E-state index contributed by atoms with van der Waals surface area (Å²) in [7, 11) is 4.56. The summed E-state index contributed by atoms with van der Waals surface area (Å²) in [4.78, 5) is 5.06. The summed E-state index contributed by atoms with van der Waals surface area (Å²) in [5.74, 6) is 0.909. The summed E-state index contributed by atoms with van der Waals surface area (Å²) in [5.41, 5.74) is 0. The molecule has 18 heavy (non-hydrogen) atoms. The molecular weight excluding hydrogens is 222 g/mol. The van der Waals surface area contributed by atoms with Crippen molar-refractivity contribution in [1.29, 1.82) is 0 Å². The van der Waals surface area contributed by atoms with Crippen LogP contribution in [0.1, 0.15) is 39.5 Å². The Hall–Kier alpha value is -0.120. The van der Waals surface area contributed by atoms with Crippen molar-refractivity contribution in [3.8, 4) is 0 Å². The molecule has 1 heterocycles. The van der Waals surface area contributed by atoms with Crippen molar-refractivity contribution in [1.82, 2.24) is 15.1 Å². The van der Waals surface area contributed by atoms with Crippen LogP contribution in [0.25, 0.3) is 0 Å².